The number of benzene rings is 2. The number of rotatable bonds is 3. The van der Waals surface area contributed by atoms with Crippen molar-refractivity contribution in [3.63, 3.8) is 0 Å². The number of non-ortho nitro benzene ring substituents is 1. The van der Waals surface area contributed by atoms with E-state index in [-0.39, 0.29) is 10.6 Å². The third kappa shape index (κ3) is 2.16. The van der Waals surface area contributed by atoms with Gasteiger partial charge in [0, 0.05) is 28.7 Å². The molecule has 0 radical (unpaired) electrons. The molecule has 0 aliphatic heterocycles. The smallest absolute Gasteiger partial charge is 0.270 e. The average molecular weight is 266 g/mol. The van der Waals surface area contributed by atoms with Gasteiger partial charge in [-0.15, -0.1) is 0 Å². The number of nitro benzene ring substituents is 1. The third-order valence-corrected chi connectivity index (χ3v) is 3.54. The molecule has 0 saturated carbocycles. The minimum absolute atomic E-state index is 0.130. The molecule has 1 aromatic heterocycles. The predicted octanol–water partition coefficient (Wildman–Crippen LogP) is 3.98. The Kier molecular flexibility index (Phi) is 2.99. The standard InChI is InChI=1S/C16H14N2O2/c1-11-14(9-12-5-3-2-4-6-12)15-10-13(18(19)20)7-8-16(15)17-11/h2-8,10,17H,9H2,1H3. The van der Waals surface area contributed by atoms with E-state index in [0.29, 0.717) is 0 Å². The monoisotopic (exact) mass is 266 g/mol. The van der Waals surface area contributed by atoms with E-state index in [1.165, 1.54) is 11.6 Å². The Bertz CT molecular complexity index is 776. The van der Waals surface area contributed by atoms with Crippen LogP contribution in [0.25, 0.3) is 10.9 Å². The first kappa shape index (κ1) is 12.4. The molecule has 0 spiro atoms. The lowest BCUT2D eigenvalue weighted by molar-refractivity contribution is -0.384. The number of fused-ring (bicyclic) bond motifs is 1. The van der Waals surface area contributed by atoms with Gasteiger partial charge in [-0.05, 0) is 30.5 Å². The molecule has 0 saturated heterocycles. The quantitative estimate of drug-likeness (QED) is 0.576. The van der Waals surface area contributed by atoms with Crippen LogP contribution in [0.4, 0.5) is 5.69 Å². The summed E-state index contributed by atoms with van der Waals surface area (Å²) in [5.74, 6) is 0. The van der Waals surface area contributed by atoms with E-state index in [1.807, 2.05) is 25.1 Å². The van der Waals surface area contributed by atoms with Crippen LogP contribution >= 0.6 is 0 Å². The number of H-pyrrole nitrogens is 1. The van der Waals surface area contributed by atoms with Crippen molar-refractivity contribution < 1.29 is 4.92 Å². The van der Waals surface area contributed by atoms with Crippen molar-refractivity contribution in [1.29, 1.82) is 0 Å². The van der Waals surface area contributed by atoms with Crippen LogP contribution in [-0.2, 0) is 6.42 Å². The third-order valence-electron chi connectivity index (χ3n) is 3.54. The SMILES string of the molecule is Cc1[nH]c2ccc([N+](=O)[O-])cc2c1Cc1ccccc1. The summed E-state index contributed by atoms with van der Waals surface area (Å²) >= 11 is 0. The van der Waals surface area contributed by atoms with Gasteiger partial charge in [-0.1, -0.05) is 30.3 Å². The summed E-state index contributed by atoms with van der Waals surface area (Å²) in [6.07, 6.45) is 0.772. The summed E-state index contributed by atoms with van der Waals surface area (Å²) < 4.78 is 0. The van der Waals surface area contributed by atoms with Crippen LogP contribution in [0.5, 0.6) is 0 Å². The van der Waals surface area contributed by atoms with Crippen LogP contribution < -0.4 is 0 Å². The second-order valence-electron chi connectivity index (χ2n) is 4.88. The van der Waals surface area contributed by atoms with Crippen molar-refractivity contribution in [2.45, 2.75) is 13.3 Å². The van der Waals surface area contributed by atoms with Gasteiger partial charge in [0.05, 0.1) is 4.92 Å². The van der Waals surface area contributed by atoms with E-state index in [9.17, 15) is 10.1 Å². The zero-order valence-corrected chi connectivity index (χ0v) is 11.1. The van der Waals surface area contributed by atoms with E-state index in [2.05, 4.69) is 17.1 Å². The predicted molar refractivity (Wildman–Crippen MR) is 78.9 cm³/mol. The highest BCUT2D eigenvalue weighted by Crippen LogP contribution is 2.28. The number of nitrogens with zero attached hydrogens (tertiary/aromatic N) is 1. The maximum atomic E-state index is 10.9. The van der Waals surface area contributed by atoms with E-state index in [0.717, 1.165) is 28.6 Å². The lowest BCUT2D eigenvalue weighted by Crippen LogP contribution is -1.90. The van der Waals surface area contributed by atoms with Crippen molar-refractivity contribution in [2.24, 2.45) is 0 Å². The normalized spacial score (nSPS) is 10.8. The molecule has 1 heterocycles. The number of aryl methyl sites for hydroxylation is 1. The molecule has 2 aromatic carbocycles. The first-order chi connectivity index (χ1) is 9.65. The Morgan fingerprint density at radius 1 is 1.15 bits per heavy atom. The van der Waals surface area contributed by atoms with Gasteiger partial charge < -0.3 is 4.98 Å². The molecular formula is C16H14N2O2. The van der Waals surface area contributed by atoms with Gasteiger partial charge in [-0.3, -0.25) is 10.1 Å². The van der Waals surface area contributed by atoms with E-state index in [1.54, 1.807) is 12.1 Å². The van der Waals surface area contributed by atoms with Crippen LogP contribution in [0.2, 0.25) is 0 Å². The Hall–Kier alpha value is -2.62. The van der Waals surface area contributed by atoms with Gasteiger partial charge in [-0.2, -0.15) is 0 Å². The first-order valence-corrected chi connectivity index (χ1v) is 6.44. The van der Waals surface area contributed by atoms with E-state index < -0.39 is 0 Å². The zero-order chi connectivity index (χ0) is 14.1. The fraction of sp³-hybridized carbons (Fsp3) is 0.125. The highest BCUT2D eigenvalue weighted by atomic mass is 16.6. The number of aromatic amines is 1. The molecule has 1 N–H and O–H groups in total. The molecule has 3 rings (SSSR count). The summed E-state index contributed by atoms with van der Waals surface area (Å²) in [6, 6.07) is 15.1. The summed E-state index contributed by atoms with van der Waals surface area (Å²) in [5.41, 5.74) is 4.45. The number of hydrogen-bond donors (Lipinski definition) is 1. The number of nitrogens with one attached hydrogen (secondary N) is 1. The summed E-state index contributed by atoms with van der Waals surface area (Å²) in [4.78, 5) is 13.9. The molecule has 3 aromatic rings. The number of aromatic nitrogens is 1. The van der Waals surface area contributed by atoms with Crippen molar-refractivity contribution in [3.8, 4) is 0 Å². The molecule has 4 nitrogen and oxygen atoms in total. The summed E-state index contributed by atoms with van der Waals surface area (Å²) in [7, 11) is 0. The second kappa shape index (κ2) is 4.81. The van der Waals surface area contributed by atoms with Crippen LogP contribution in [0.3, 0.4) is 0 Å². The molecule has 0 bridgehead atoms. The Morgan fingerprint density at radius 2 is 1.90 bits per heavy atom. The van der Waals surface area contributed by atoms with Gasteiger partial charge >= 0.3 is 0 Å². The van der Waals surface area contributed by atoms with Crippen LogP contribution in [0.15, 0.2) is 48.5 Å². The van der Waals surface area contributed by atoms with E-state index >= 15 is 0 Å². The van der Waals surface area contributed by atoms with Crippen LogP contribution in [-0.4, -0.2) is 9.91 Å². The fourth-order valence-electron chi connectivity index (χ4n) is 2.51. The minimum Gasteiger partial charge on any atom is -0.358 e. The Balaban J connectivity index is 2.11. The topological polar surface area (TPSA) is 58.9 Å². The maximum absolute atomic E-state index is 10.9. The molecule has 0 fully saturated rings. The first-order valence-electron chi connectivity index (χ1n) is 6.44. The lowest BCUT2D eigenvalue weighted by atomic mass is 10.0. The Morgan fingerprint density at radius 3 is 2.60 bits per heavy atom. The highest BCUT2D eigenvalue weighted by molar-refractivity contribution is 5.87. The van der Waals surface area contributed by atoms with Crippen molar-refractivity contribution in [2.75, 3.05) is 0 Å². The zero-order valence-electron chi connectivity index (χ0n) is 11.1. The summed E-state index contributed by atoms with van der Waals surface area (Å²) in [5, 5.41) is 11.8. The second-order valence-corrected chi connectivity index (χ2v) is 4.88. The molecule has 0 unspecified atom stereocenters. The van der Waals surface area contributed by atoms with Crippen molar-refractivity contribution >= 4 is 16.6 Å². The molecule has 0 aliphatic rings. The van der Waals surface area contributed by atoms with Gasteiger partial charge in [-0.25, -0.2) is 0 Å². The van der Waals surface area contributed by atoms with Gasteiger partial charge in [0.1, 0.15) is 0 Å². The van der Waals surface area contributed by atoms with Gasteiger partial charge in [0.15, 0.2) is 0 Å². The summed E-state index contributed by atoms with van der Waals surface area (Å²) in [6.45, 7) is 2.00. The largest absolute Gasteiger partial charge is 0.358 e. The average Bonchev–Trinajstić information content (AvgIpc) is 2.75. The molecule has 100 valence electrons. The number of nitro groups is 1. The molecule has 0 aliphatic carbocycles. The highest BCUT2D eigenvalue weighted by Gasteiger charge is 2.13. The number of hydrogen-bond acceptors (Lipinski definition) is 2. The van der Waals surface area contributed by atoms with Crippen molar-refractivity contribution in [1.82, 2.24) is 4.98 Å². The molecule has 0 amide bonds. The fourth-order valence-corrected chi connectivity index (χ4v) is 2.51. The molecule has 20 heavy (non-hydrogen) atoms. The van der Waals surface area contributed by atoms with Gasteiger partial charge in [0.25, 0.3) is 5.69 Å². The van der Waals surface area contributed by atoms with Crippen LogP contribution in [0, 0.1) is 17.0 Å². The van der Waals surface area contributed by atoms with Crippen molar-refractivity contribution in [3.05, 3.63) is 75.5 Å². The minimum atomic E-state index is -0.353. The lowest BCUT2D eigenvalue weighted by Gasteiger charge is -2.02. The van der Waals surface area contributed by atoms with Gasteiger partial charge in [0.2, 0.25) is 0 Å². The maximum Gasteiger partial charge on any atom is 0.270 e. The Labute approximate surface area is 116 Å². The van der Waals surface area contributed by atoms with E-state index in [4.69, 9.17) is 0 Å². The van der Waals surface area contributed by atoms with Crippen LogP contribution in [0.1, 0.15) is 16.8 Å². The molecule has 4 heteroatoms. The molecule has 0 atom stereocenters. The molecular weight excluding hydrogens is 252 g/mol.